The molecule has 9 nitrogen and oxygen atoms in total. The molecule has 0 amide bonds. The standard InChI is InChI=1S/C14H30N4O5/c1-18-9-11(20)12(8(17)10(19)13(9)21-2)23-14-7(16)4-3-6(5-15)22-14/h6-14,18-20H,3-5,15-17H2,1-2H3/t6-,7+,8-,9-,10-,11+,12+,13-,14+/m0/s1. The summed E-state index contributed by atoms with van der Waals surface area (Å²) in [7, 11) is 3.14. The molecule has 9 heteroatoms. The van der Waals surface area contributed by atoms with Crippen LogP contribution in [-0.2, 0) is 14.2 Å². The van der Waals surface area contributed by atoms with E-state index < -0.39 is 42.8 Å². The molecular weight excluding hydrogens is 304 g/mol. The Bertz CT molecular complexity index is 377. The highest BCUT2D eigenvalue weighted by molar-refractivity contribution is 5.05. The van der Waals surface area contributed by atoms with Crippen LogP contribution in [0.5, 0.6) is 0 Å². The predicted molar refractivity (Wildman–Crippen MR) is 83.4 cm³/mol. The van der Waals surface area contributed by atoms with Crippen molar-refractivity contribution in [3.8, 4) is 0 Å². The Labute approximate surface area is 136 Å². The molecule has 1 aliphatic heterocycles. The largest absolute Gasteiger partial charge is 0.389 e. The van der Waals surface area contributed by atoms with Crippen LogP contribution in [0.25, 0.3) is 0 Å². The summed E-state index contributed by atoms with van der Waals surface area (Å²) >= 11 is 0. The quantitative estimate of drug-likeness (QED) is 0.305. The average molecular weight is 334 g/mol. The molecule has 0 bridgehead atoms. The SMILES string of the molecule is CN[C@H]1[C@@H](O)[C@H](O[C@H]2O[C@H](CN)CC[C@H]2N)[C@@H](N)[C@H](O)[C@H]1OC. The third-order valence-corrected chi connectivity index (χ3v) is 4.83. The molecule has 0 aromatic heterocycles. The van der Waals surface area contributed by atoms with Gasteiger partial charge in [-0.3, -0.25) is 0 Å². The van der Waals surface area contributed by atoms with E-state index in [-0.39, 0.29) is 12.1 Å². The van der Waals surface area contributed by atoms with Crippen LogP contribution in [0.15, 0.2) is 0 Å². The lowest BCUT2D eigenvalue weighted by Gasteiger charge is -2.47. The molecule has 23 heavy (non-hydrogen) atoms. The molecule has 2 fully saturated rings. The molecule has 0 aromatic rings. The summed E-state index contributed by atoms with van der Waals surface area (Å²) < 4.78 is 16.9. The number of rotatable bonds is 5. The fourth-order valence-electron chi connectivity index (χ4n) is 3.38. The topological polar surface area (TPSA) is 158 Å². The number of ether oxygens (including phenoxy) is 3. The van der Waals surface area contributed by atoms with Gasteiger partial charge in [0, 0.05) is 13.7 Å². The molecule has 0 aromatic carbocycles. The van der Waals surface area contributed by atoms with Crippen molar-refractivity contribution < 1.29 is 24.4 Å². The Hall–Kier alpha value is -0.360. The highest BCUT2D eigenvalue weighted by Crippen LogP contribution is 2.28. The van der Waals surface area contributed by atoms with E-state index in [9.17, 15) is 10.2 Å². The molecule has 1 heterocycles. The summed E-state index contributed by atoms with van der Waals surface area (Å²) in [5.41, 5.74) is 17.7. The van der Waals surface area contributed by atoms with Crippen molar-refractivity contribution in [1.29, 1.82) is 0 Å². The number of hydrogen-bond donors (Lipinski definition) is 6. The molecule has 2 rings (SSSR count). The molecule has 9 N–H and O–H groups in total. The summed E-state index contributed by atoms with van der Waals surface area (Å²) in [6.45, 7) is 0.374. The van der Waals surface area contributed by atoms with Crippen molar-refractivity contribution in [2.45, 2.75) is 67.8 Å². The van der Waals surface area contributed by atoms with E-state index in [1.54, 1.807) is 7.05 Å². The summed E-state index contributed by atoms with van der Waals surface area (Å²) in [6, 6.07) is -1.68. The van der Waals surface area contributed by atoms with Gasteiger partial charge in [0.2, 0.25) is 0 Å². The monoisotopic (exact) mass is 334 g/mol. The van der Waals surface area contributed by atoms with Crippen molar-refractivity contribution in [3.63, 3.8) is 0 Å². The summed E-state index contributed by atoms with van der Waals surface area (Å²) in [5, 5.41) is 23.9. The fourth-order valence-corrected chi connectivity index (χ4v) is 3.38. The van der Waals surface area contributed by atoms with Crippen LogP contribution < -0.4 is 22.5 Å². The zero-order valence-corrected chi connectivity index (χ0v) is 13.7. The summed E-state index contributed by atoms with van der Waals surface area (Å²) in [6.07, 6.45) is -2.80. The van der Waals surface area contributed by atoms with Gasteiger partial charge in [0.15, 0.2) is 6.29 Å². The zero-order valence-electron chi connectivity index (χ0n) is 13.7. The van der Waals surface area contributed by atoms with Crippen LogP contribution in [-0.4, -0.2) is 85.9 Å². The van der Waals surface area contributed by atoms with Crippen molar-refractivity contribution in [2.75, 3.05) is 20.7 Å². The number of aliphatic hydroxyl groups is 2. The maximum Gasteiger partial charge on any atom is 0.173 e. The highest BCUT2D eigenvalue weighted by Gasteiger charge is 2.50. The third kappa shape index (κ3) is 3.84. The Kier molecular flexibility index (Phi) is 6.72. The molecule has 2 aliphatic rings. The van der Waals surface area contributed by atoms with Crippen molar-refractivity contribution in [3.05, 3.63) is 0 Å². The number of hydrogen-bond acceptors (Lipinski definition) is 9. The average Bonchev–Trinajstić information content (AvgIpc) is 2.56. The minimum absolute atomic E-state index is 0.131. The minimum atomic E-state index is -0.990. The first-order chi connectivity index (χ1) is 10.9. The molecule has 9 atom stereocenters. The van der Waals surface area contributed by atoms with Crippen LogP contribution in [0.4, 0.5) is 0 Å². The molecule has 136 valence electrons. The second-order valence-corrected chi connectivity index (χ2v) is 6.28. The molecule has 1 saturated carbocycles. The number of likely N-dealkylation sites (N-methyl/N-ethyl adjacent to an activating group) is 1. The zero-order chi connectivity index (χ0) is 17.1. The molecule has 0 radical (unpaired) electrons. The lowest BCUT2D eigenvalue weighted by atomic mass is 9.81. The van der Waals surface area contributed by atoms with Gasteiger partial charge in [0.25, 0.3) is 0 Å². The maximum atomic E-state index is 10.6. The normalized spacial score (nSPS) is 48.4. The van der Waals surface area contributed by atoms with E-state index in [4.69, 9.17) is 31.4 Å². The van der Waals surface area contributed by atoms with Crippen LogP contribution in [0.1, 0.15) is 12.8 Å². The van der Waals surface area contributed by atoms with E-state index in [1.165, 1.54) is 7.11 Å². The second-order valence-electron chi connectivity index (χ2n) is 6.28. The van der Waals surface area contributed by atoms with Gasteiger partial charge in [0.05, 0.1) is 36.4 Å². The van der Waals surface area contributed by atoms with E-state index in [0.29, 0.717) is 13.0 Å². The first-order valence-corrected chi connectivity index (χ1v) is 8.02. The van der Waals surface area contributed by atoms with Crippen molar-refractivity contribution in [1.82, 2.24) is 5.32 Å². The van der Waals surface area contributed by atoms with Gasteiger partial charge in [-0.1, -0.05) is 0 Å². The van der Waals surface area contributed by atoms with Crippen LogP contribution >= 0.6 is 0 Å². The number of aliphatic hydroxyl groups excluding tert-OH is 2. The van der Waals surface area contributed by atoms with Gasteiger partial charge in [0.1, 0.15) is 12.2 Å². The Morgan fingerprint density at radius 2 is 1.87 bits per heavy atom. The number of nitrogens with two attached hydrogens (primary N) is 3. The summed E-state index contributed by atoms with van der Waals surface area (Å²) in [4.78, 5) is 0. The Morgan fingerprint density at radius 1 is 1.17 bits per heavy atom. The molecule has 0 spiro atoms. The smallest absolute Gasteiger partial charge is 0.173 e. The lowest BCUT2D eigenvalue weighted by molar-refractivity contribution is -0.259. The van der Waals surface area contributed by atoms with Crippen LogP contribution in [0.3, 0.4) is 0 Å². The summed E-state index contributed by atoms with van der Waals surface area (Å²) in [5.74, 6) is 0. The first kappa shape index (κ1) is 19.0. The molecule has 1 saturated heterocycles. The van der Waals surface area contributed by atoms with Gasteiger partial charge in [-0.2, -0.15) is 0 Å². The number of nitrogens with one attached hydrogen (secondary N) is 1. The Balaban J connectivity index is 2.10. The van der Waals surface area contributed by atoms with Crippen molar-refractivity contribution in [2.24, 2.45) is 17.2 Å². The van der Waals surface area contributed by atoms with E-state index >= 15 is 0 Å². The predicted octanol–water partition coefficient (Wildman–Crippen LogP) is -3.17. The first-order valence-electron chi connectivity index (χ1n) is 8.02. The van der Waals surface area contributed by atoms with Crippen LogP contribution in [0, 0.1) is 0 Å². The van der Waals surface area contributed by atoms with Crippen LogP contribution in [0.2, 0.25) is 0 Å². The second kappa shape index (κ2) is 8.15. The lowest BCUT2D eigenvalue weighted by Crippen LogP contribution is -2.71. The Morgan fingerprint density at radius 3 is 2.43 bits per heavy atom. The van der Waals surface area contributed by atoms with E-state index in [2.05, 4.69) is 5.32 Å². The minimum Gasteiger partial charge on any atom is -0.389 e. The number of methoxy groups -OCH3 is 1. The maximum absolute atomic E-state index is 10.6. The van der Waals surface area contributed by atoms with Gasteiger partial charge >= 0.3 is 0 Å². The van der Waals surface area contributed by atoms with Gasteiger partial charge in [-0.05, 0) is 19.9 Å². The highest BCUT2D eigenvalue weighted by atomic mass is 16.7. The van der Waals surface area contributed by atoms with Gasteiger partial charge < -0.3 is 46.9 Å². The van der Waals surface area contributed by atoms with E-state index in [1.807, 2.05) is 0 Å². The van der Waals surface area contributed by atoms with Gasteiger partial charge in [-0.25, -0.2) is 0 Å². The van der Waals surface area contributed by atoms with Gasteiger partial charge in [-0.15, -0.1) is 0 Å². The third-order valence-electron chi connectivity index (χ3n) is 4.83. The molecular formula is C14H30N4O5. The molecule has 1 aliphatic carbocycles. The molecule has 0 unspecified atom stereocenters. The fraction of sp³-hybridized carbons (Fsp3) is 1.00. The van der Waals surface area contributed by atoms with Crippen molar-refractivity contribution >= 4 is 0 Å². The van der Waals surface area contributed by atoms with E-state index in [0.717, 1.165) is 6.42 Å².